The molecule has 0 saturated heterocycles. The predicted molar refractivity (Wildman–Crippen MR) is 52.5 cm³/mol. The smallest absolute Gasteiger partial charge is 0.389 e. The number of rotatable bonds is 1. The fourth-order valence-corrected chi connectivity index (χ4v) is 1.47. The van der Waals surface area contributed by atoms with Crippen LogP contribution < -0.4 is 15.1 Å². The standard InChI is InChI=1S/C9H10N3O2/c1-12(6-13)7-4-2-3-5-8(7)14-9(12)11-10/h2-6H,10H2,1H3/q+1. The molecule has 0 bridgehead atoms. The summed E-state index contributed by atoms with van der Waals surface area (Å²) in [6.07, 6.45) is 0.734. The summed E-state index contributed by atoms with van der Waals surface area (Å²) in [6.45, 7) is 0. The third-order valence-electron chi connectivity index (χ3n) is 2.29. The summed E-state index contributed by atoms with van der Waals surface area (Å²) in [5, 5.41) is 3.46. The van der Waals surface area contributed by atoms with Crippen LogP contribution in [0.4, 0.5) is 5.69 Å². The van der Waals surface area contributed by atoms with Crippen molar-refractivity contribution in [3.05, 3.63) is 24.3 Å². The molecule has 1 unspecified atom stereocenters. The first-order valence-corrected chi connectivity index (χ1v) is 4.11. The van der Waals surface area contributed by atoms with Crippen molar-refractivity contribution in [2.45, 2.75) is 0 Å². The number of nitrogens with zero attached hydrogens (tertiary/aromatic N) is 2. The molecule has 5 nitrogen and oxygen atoms in total. The maximum atomic E-state index is 11.0. The molecule has 1 amide bonds. The van der Waals surface area contributed by atoms with Crippen LogP contribution >= 0.6 is 0 Å². The molecule has 1 atom stereocenters. The van der Waals surface area contributed by atoms with Gasteiger partial charge in [0.1, 0.15) is 0 Å². The van der Waals surface area contributed by atoms with Gasteiger partial charge in [-0.2, -0.15) is 0 Å². The van der Waals surface area contributed by atoms with Crippen LogP contribution in [-0.4, -0.2) is 19.5 Å². The molecule has 72 valence electrons. The van der Waals surface area contributed by atoms with E-state index < -0.39 is 0 Å². The van der Waals surface area contributed by atoms with E-state index in [1.165, 1.54) is 0 Å². The molecule has 0 saturated carbocycles. The molecule has 1 aromatic rings. The molecule has 14 heavy (non-hydrogen) atoms. The Kier molecular flexibility index (Phi) is 1.75. The zero-order chi connectivity index (χ0) is 10.2. The van der Waals surface area contributed by atoms with Crippen LogP contribution in [-0.2, 0) is 4.79 Å². The van der Waals surface area contributed by atoms with Crippen molar-refractivity contribution < 1.29 is 9.53 Å². The van der Waals surface area contributed by atoms with Gasteiger partial charge in [0.25, 0.3) is 0 Å². The van der Waals surface area contributed by atoms with E-state index in [9.17, 15) is 4.79 Å². The van der Waals surface area contributed by atoms with E-state index in [0.29, 0.717) is 5.75 Å². The molecule has 2 N–H and O–H groups in total. The molecule has 0 fully saturated rings. The predicted octanol–water partition coefficient (Wildman–Crippen LogP) is 0.402. The molecule has 0 aliphatic carbocycles. The van der Waals surface area contributed by atoms with E-state index in [2.05, 4.69) is 5.10 Å². The molecular weight excluding hydrogens is 182 g/mol. The molecule has 1 aliphatic rings. The zero-order valence-electron chi connectivity index (χ0n) is 7.68. The number of quaternary nitrogens is 1. The van der Waals surface area contributed by atoms with Crippen molar-refractivity contribution in [2.24, 2.45) is 10.9 Å². The van der Waals surface area contributed by atoms with E-state index >= 15 is 0 Å². The van der Waals surface area contributed by atoms with E-state index in [0.717, 1.165) is 12.1 Å². The molecule has 1 aromatic carbocycles. The number of ether oxygens (including phenoxy) is 1. The maximum absolute atomic E-state index is 11.0. The number of carbonyl (C=O) groups is 1. The summed E-state index contributed by atoms with van der Waals surface area (Å²) in [6, 6.07) is 7.42. The summed E-state index contributed by atoms with van der Waals surface area (Å²) >= 11 is 0. The van der Waals surface area contributed by atoms with Crippen molar-refractivity contribution in [1.82, 2.24) is 4.48 Å². The lowest BCUT2D eigenvalue weighted by Gasteiger charge is -2.15. The molecule has 1 aliphatic heterocycles. The first-order valence-electron chi connectivity index (χ1n) is 4.11. The van der Waals surface area contributed by atoms with Gasteiger partial charge in [-0.25, -0.2) is 4.79 Å². The first-order chi connectivity index (χ1) is 6.72. The minimum absolute atomic E-state index is 0.146. The number of amides is 1. The molecule has 0 radical (unpaired) electrons. The SMILES string of the molecule is C[N+]1(C=O)C(=NN)Oc2ccccc21. The number of fused-ring (bicyclic) bond motifs is 1. The number of hydrazone groups is 1. The normalized spacial score (nSPS) is 27.1. The number of hydrogen-bond acceptors (Lipinski definition) is 4. The highest BCUT2D eigenvalue weighted by Crippen LogP contribution is 2.37. The van der Waals surface area contributed by atoms with Crippen molar-refractivity contribution in [2.75, 3.05) is 7.05 Å². The Hall–Kier alpha value is -1.88. The largest absolute Gasteiger partial charge is 0.433 e. The number of nitrogens with two attached hydrogens (primary N) is 1. The summed E-state index contributed by atoms with van der Waals surface area (Å²) in [7, 11) is 1.67. The fourth-order valence-electron chi connectivity index (χ4n) is 1.47. The van der Waals surface area contributed by atoms with Gasteiger partial charge < -0.3 is 10.6 Å². The Morgan fingerprint density at radius 3 is 2.86 bits per heavy atom. The molecule has 2 rings (SSSR count). The number of hydrogen-bond donors (Lipinski definition) is 1. The quantitative estimate of drug-likeness (QED) is 0.303. The van der Waals surface area contributed by atoms with Crippen LogP contribution in [0.15, 0.2) is 29.4 Å². The second-order valence-electron chi connectivity index (χ2n) is 3.16. The van der Waals surface area contributed by atoms with Gasteiger partial charge in [0.2, 0.25) is 0 Å². The third-order valence-corrected chi connectivity index (χ3v) is 2.29. The summed E-state index contributed by atoms with van der Waals surface area (Å²) in [5.41, 5.74) is 0.742. The average molecular weight is 192 g/mol. The van der Waals surface area contributed by atoms with Gasteiger partial charge >= 0.3 is 12.4 Å². The zero-order valence-corrected chi connectivity index (χ0v) is 7.68. The maximum Gasteiger partial charge on any atom is 0.433 e. The van der Waals surface area contributed by atoms with Crippen LogP contribution in [0, 0.1) is 0 Å². The van der Waals surface area contributed by atoms with Crippen LogP contribution in [0.25, 0.3) is 0 Å². The van der Waals surface area contributed by atoms with Gasteiger partial charge in [0.15, 0.2) is 11.4 Å². The minimum Gasteiger partial charge on any atom is -0.389 e. The summed E-state index contributed by atoms with van der Waals surface area (Å²) in [5.74, 6) is 5.77. The Morgan fingerprint density at radius 2 is 2.21 bits per heavy atom. The second-order valence-corrected chi connectivity index (χ2v) is 3.16. The van der Waals surface area contributed by atoms with E-state index in [-0.39, 0.29) is 10.5 Å². The van der Waals surface area contributed by atoms with Crippen molar-refractivity contribution in [3.63, 3.8) is 0 Å². The van der Waals surface area contributed by atoms with E-state index in [4.69, 9.17) is 10.6 Å². The molecule has 5 heteroatoms. The first kappa shape index (κ1) is 8.71. The highest BCUT2D eigenvalue weighted by molar-refractivity contribution is 6.05. The Morgan fingerprint density at radius 1 is 1.50 bits per heavy atom. The molecule has 0 aromatic heterocycles. The Balaban J connectivity index is 2.64. The Bertz CT molecular complexity index is 416. The highest BCUT2D eigenvalue weighted by atomic mass is 16.5. The summed E-state index contributed by atoms with van der Waals surface area (Å²) in [4.78, 5) is 11.0. The van der Waals surface area contributed by atoms with Crippen molar-refractivity contribution >= 4 is 18.1 Å². The van der Waals surface area contributed by atoms with Crippen LogP contribution in [0.5, 0.6) is 5.75 Å². The van der Waals surface area contributed by atoms with E-state index in [1.54, 1.807) is 13.1 Å². The number of para-hydroxylation sites is 2. The summed E-state index contributed by atoms with van der Waals surface area (Å²) < 4.78 is 5.18. The van der Waals surface area contributed by atoms with Crippen LogP contribution in [0.1, 0.15) is 0 Å². The van der Waals surface area contributed by atoms with Gasteiger partial charge in [0.05, 0.1) is 7.05 Å². The Labute approximate surface area is 81.0 Å². The fraction of sp³-hybridized carbons (Fsp3) is 0.111. The third kappa shape index (κ3) is 0.928. The highest BCUT2D eigenvalue weighted by Gasteiger charge is 2.44. The van der Waals surface area contributed by atoms with Gasteiger partial charge in [-0.3, -0.25) is 0 Å². The lowest BCUT2D eigenvalue weighted by atomic mass is 10.2. The second kappa shape index (κ2) is 2.81. The van der Waals surface area contributed by atoms with Gasteiger partial charge in [0, 0.05) is 6.07 Å². The van der Waals surface area contributed by atoms with Crippen molar-refractivity contribution in [1.29, 1.82) is 0 Å². The lowest BCUT2D eigenvalue weighted by Crippen LogP contribution is -2.48. The minimum atomic E-state index is -0.146. The van der Waals surface area contributed by atoms with Crippen LogP contribution in [0.3, 0.4) is 0 Å². The lowest BCUT2D eigenvalue weighted by molar-refractivity contribution is -0.113. The van der Waals surface area contributed by atoms with E-state index in [1.807, 2.05) is 18.2 Å². The van der Waals surface area contributed by atoms with Crippen LogP contribution in [0.2, 0.25) is 0 Å². The topological polar surface area (TPSA) is 64.7 Å². The van der Waals surface area contributed by atoms with Crippen molar-refractivity contribution in [3.8, 4) is 5.75 Å². The van der Waals surface area contributed by atoms with Gasteiger partial charge in [-0.15, -0.1) is 4.48 Å². The number of carbonyl (C=O) groups excluding carboxylic acids is 1. The number of benzene rings is 1. The molecule has 0 spiro atoms. The van der Waals surface area contributed by atoms with Gasteiger partial charge in [-0.1, -0.05) is 17.2 Å². The van der Waals surface area contributed by atoms with Gasteiger partial charge in [-0.05, 0) is 6.07 Å². The monoisotopic (exact) mass is 192 g/mol. The number of amidine groups is 1. The average Bonchev–Trinajstić information content (AvgIpc) is 2.53. The molecular formula is C9H10N3O2+. The molecule has 1 heterocycles.